The van der Waals surface area contributed by atoms with E-state index in [2.05, 4.69) is 85.7 Å². The third kappa shape index (κ3) is 4.49. The first-order valence-corrected chi connectivity index (χ1v) is 7.63. The molecule has 0 fully saturated rings. The maximum absolute atomic E-state index is 3.50. The molecule has 0 heterocycles. The molecule has 0 bridgehead atoms. The third-order valence-electron chi connectivity index (χ3n) is 2.93. The summed E-state index contributed by atoms with van der Waals surface area (Å²) in [6.07, 6.45) is 3.15. The molecule has 2 aromatic rings. The Labute approximate surface area is 118 Å². The van der Waals surface area contributed by atoms with Gasteiger partial charge in [-0.1, -0.05) is 48.1 Å². The van der Waals surface area contributed by atoms with Gasteiger partial charge in [0.2, 0.25) is 0 Å². The average molecular weight is 265 g/mol. The van der Waals surface area contributed by atoms with E-state index in [-0.39, 0.29) is 9.13 Å². The molecular formula is C17H19NSi. The molecule has 0 aromatic heterocycles. The second-order valence-electron chi connectivity index (χ2n) is 4.65. The molecule has 0 unspecified atom stereocenters. The normalized spacial score (nSPS) is 10.8. The molecule has 19 heavy (non-hydrogen) atoms. The van der Waals surface area contributed by atoms with Gasteiger partial charge >= 0.3 is 0 Å². The zero-order valence-corrected chi connectivity index (χ0v) is 12.7. The molecule has 0 N–H and O–H groups in total. The monoisotopic (exact) mass is 265 g/mol. The molecule has 2 heteroatoms. The SMILES string of the molecule is CN(C)c1ccc([CH]C[C]=[SiH]c2ccccc2)cc1. The van der Waals surface area contributed by atoms with Gasteiger partial charge in [0.25, 0.3) is 0 Å². The van der Waals surface area contributed by atoms with Crippen LogP contribution in [-0.2, 0) is 0 Å². The van der Waals surface area contributed by atoms with Crippen LogP contribution in [0.3, 0.4) is 0 Å². The van der Waals surface area contributed by atoms with E-state index < -0.39 is 0 Å². The molecular weight excluding hydrogens is 246 g/mol. The zero-order chi connectivity index (χ0) is 13.5. The van der Waals surface area contributed by atoms with E-state index >= 15 is 0 Å². The van der Waals surface area contributed by atoms with Crippen LogP contribution in [0.2, 0.25) is 0 Å². The van der Waals surface area contributed by atoms with E-state index in [9.17, 15) is 0 Å². The van der Waals surface area contributed by atoms with Crippen LogP contribution >= 0.6 is 0 Å². The third-order valence-corrected chi connectivity index (χ3v) is 4.09. The predicted molar refractivity (Wildman–Crippen MR) is 87.0 cm³/mol. The first-order valence-electron chi connectivity index (χ1n) is 6.48. The Hall–Kier alpha value is -1.67. The van der Waals surface area contributed by atoms with Crippen molar-refractivity contribution in [3.05, 3.63) is 66.6 Å². The van der Waals surface area contributed by atoms with Gasteiger partial charge in [-0.15, -0.1) is 0 Å². The van der Waals surface area contributed by atoms with E-state index in [1.807, 2.05) is 0 Å². The first kappa shape index (κ1) is 13.8. The molecule has 0 spiro atoms. The van der Waals surface area contributed by atoms with Gasteiger partial charge in [0, 0.05) is 28.9 Å². The minimum atomic E-state index is 0.161. The summed E-state index contributed by atoms with van der Waals surface area (Å²) in [7, 11) is 4.28. The van der Waals surface area contributed by atoms with Gasteiger partial charge in [0.1, 0.15) is 0 Å². The highest BCUT2D eigenvalue weighted by Crippen LogP contribution is 2.13. The summed E-state index contributed by atoms with van der Waals surface area (Å²) in [5.74, 6) is 0. The van der Waals surface area contributed by atoms with Crippen LogP contribution in [0.4, 0.5) is 5.69 Å². The Morgan fingerprint density at radius 1 is 1.00 bits per heavy atom. The Kier molecular flexibility index (Phi) is 5.10. The van der Waals surface area contributed by atoms with Gasteiger partial charge in [0.05, 0.1) is 0 Å². The van der Waals surface area contributed by atoms with Crippen molar-refractivity contribution in [3.63, 3.8) is 0 Å². The molecule has 0 amide bonds. The first-order chi connectivity index (χ1) is 9.25. The summed E-state index contributed by atoms with van der Waals surface area (Å²) in [5, 5.41) is 1.40. The fraction of sp³-hybridized carbons (Fsp3) is 0.176. The molecule has 2 rings (SSSR count). The molecule has 1 nitrogen and oxygen atoms in total. The lowest BCUT2D eigenvalue weighted by atomic mass is 10.1. The fourth-order valence-corrected chi connectivity index (χ4v) is 2.70. The van der Waals surface area contributed by atoms with Crippen LogP contribution in [0.25, 0.3) is 0 Å². The van der Waals surface area contributed by atoms with Crippen molar-refractivity contribution >= 4 is 25.7 Å². The van der Waals surface area contributed by atoms with Gasteiger partial charge < -0.3 is 4.90 Å². The van der Waals surface area contributed by atoms with Crippen molar-refractivity contribution in [2.24, 2.45) is 0 Å². The maximum Gasteiger partial charge on any atom is 0.0361 e. The minimum absolute atomic E-state index is 0.161. The topological polar surface area (TPSA) is 3.24 Å². The van der Waals surface area contributed by atoms with Crippen LogP contribution in [0.5, 0.6) is 0 Å². The van der Waals surface area contributed by atoms with Crippen LogP contribution in [0.15, 0.2) is 54.6 Å². The quantitative estimate of drug-likeness (QED) is 0.749. The predicted octanol–water partition coefficient (Wildman–Crippen LogP) is 2.14. The van der Waals surface area contributed by atoms with E-state index in [0.717, 1.165) is 6.42 Å². The molecule has 0 aliphatic rings. The lowest BCUT2D eigenvalue weighted by molar-refractivity contribution is 1.13. The maximum atomic E-state index is 3.50. The number of hydrogen-bond acceptors (Lipinski definition) is 1. The molecule has 0 aliphatic carbocycles. The number of nitrogens with zero attached hydrogens (tertiary/aromatic N) is 1. The van der Waals surface area contributed by atoms with E-state index in [1.165, 1.54) is 16.4 Å². The molecule has 0 aliphatic heterocycles. The Morgan fingerprint density at radius 2 is 1.68 bits per heavy atom. The van der Waals surface area contributed by atoms with Gasteiger partial charge in [-0.05, 0) is 35.7 Å². The average Bonchev–Trinajstić information content (AvgIpc) is 2.45. The minimum Gasteiger partial charge on any atom is -0.378 e. The smallest absolute Gasteiger partial charge is 0.0361 e. The lowest BCUT2D eigenvalue weighted by Crippen LogP contribution is -2.08. The molecule has 0 saturated heterocycles. The highest BCUT2D eigenvalue weighted by atomic mass is 28.2. The van der Waals surface area contributed by atoms with Crippen molar-refractivity contribution in [1.29, 1.82) is 0 Å². The molecule has 0 saturated carbocycles. The highest BCUT2D eigenvalue weighted by molar-refractivity contribution is 6.60. The van der Waals surface area contributed by atoms with E-state index in [4.69, 9.17) is 0 Å². The van der Waals surface area contributed by atoms with E-state index in [1.54, 1.807) is 0 Å². The summed E-state index contributed by atoms with van der Waals surface area (Å²) < 4.78 is 0. The lowest BCUT2D eigenvalue weighted by Gasteiger charge is -2.12. The van der Waals surface area contributed by atoms with Crippen LogP contribution in [0, 0.1) is 6.42 Å². The summed E-state index contributed by atoms with van der Waals surface area (Å²) in [5.41, 5.74) is 6.01. The summed E-state index contributed by atoms with van der Waals surface area (Å²) in [4.78, 5) is 2.11. The Bertz CT molecular complexity index is 515. The van der Waals surface area contributed by atoms with Crippen LogP contribution in [-0.4, -0.2) is 28.9 Å². The van der Waals surface area contributed by atoms with Crippen molar-refractivity contribution in [3.8, 4) is 0 Å². The molecule has 0 atom stereocenters. The van der Waals surface area contributed by atoms with Crippen LogP contribution < -0.4 is 10.1 Å². The van der Waals surface area contributed by atoms with E-state index in [0.29, 0.717) is 0 Å². The van der Waals surface area contributed by atoms with Gasteiger partial charge in [0.15, 0.2) is 0 Å². The Morgan fingerprint density at radius 3 is 2.32 bits per heavy atom. The van der Waals surface area contributed by atoms with Crippen molar-refractivity contribution < 1.29 is 0 Å². The standard InChI is InChI=1S/C17H19NSi/c1-18(2)16-12-10-15(11-13-16)7-6-14-19-17-8-4-3-5-9-17/h3-5,7-13,19H,6H2,1-2H3. The summed E-state index contributed by atoms with van der Waals surface area (Å²) in [6, 6.07) is 19.2. The fourth-order valence-electron chi connectivity index (χ4n) is 1.81. The highest BCUT2D eigenvalue weighted by Gasteiger charge is 1.95. The zero-order valence-electron chi connectivity index (χ0n) is 11.5. The van der Waals surface area contributed by atoms with Gasteiger partial charge in [-0.25, -0.2) is 0 Å². The largest absolute Gasteiger partial charge is 0.378 e. The number of hydrogen-bond donors (Lipinski definition) is 0. The van der Waals surface area contributed by atoms with Gasteiger partial charge in [-0.2, -0.15) is 0 Å². The summed E-state index contributed by atoms with van der Waals surface area (Å²) >= 11 is 0. The van der Waals surface area contributed by atoms with Crippen molar-refractivity contribution in [1.82, 2.24) is 0 Å². The van der Waals surface area contributed by atoms with Crippen molar-refractivity contribution in [2.45, 2.75) is 6.42 Å². The second-order valence-corrected chi connectivity index (χ2v) is 6.02. The molecule has 2 radical (unpaired) electrons. The van der Waals surface area contributed by atoms with Crippen LogP contribution in [0.1, 0.15) is 12.0 Å². The summed E-state index contributed by atoms with van der Waals surface area (Å²) in [6.45, 7) is 0. The molecule has 96 valence electrons. The second kappa shape index (κ2) is 7.05. The van der Waals surface area contributed by atoms with Crippen molar-refractivity contribution in [2.75, 3.05) is 19.0 Å². The number of anilines is 1. The number of rotatable bonds is 5. The molecule has 2 aromatic carbocycles. The Balaban J connectivity index is 1.84. The van der Waals surface area contributed by atoms with Gasteiger partial charge in [-0.3, -0.25) is 0 Å². The number of benzene rings is 2.